The maximum atomic E-state index is 12.8. The zero-order chi connectivity index (χ0) is 19.6. The number of hydrogen-bond donors (Lipinski definition) is 0. The topological polar surface area (TPSA) is 46.6 Å². The van der Waals surface area contributed by atoms with E-state index in [1.807, 2.05) is 4.90 Å². The van der Waals surface area contributed by atoms with E-state index in [4.69, 9.17) is 4.74 Å². The molecule has 0 radical (unpaired) electrons. The van der Waals surface area contributed by atoms with Gasteiger partial charge in [-0.2, -0.15) is 0 Å². The van der Waals surface area contributed by atoms with Crippen LogP contribution in [0.25, 0.3) is 0 Å². The van der Waals surface area contributed by atoms with E-state index in [1.54, 1.807) is 55.6 Å². The minimum absolute atomic E-state index is 0.0391. The molecule has 0 saturated heterocycles. The molecule has 0 atom stereocenters. The number of ketones is 1. The van der Waals surface area contributed by atoms with Gasteiger partial charge in [-0.05, 0) is 37.1 Å². The molecule has 27 heavy (non-hydrogen) atoms. The molecule has 0 fully saturated rings. The van der Waals surface area contributed by atoms with Crippen LogP contribution in [0, 0.1) is 0 Å². The van der Waals surface area contributed by atoms with Gasteiger partial charge < -0.3 is 9.64 Å². The fraction of sp³-hybridized carbons (Fsp3) is 0.391. The first-order chi connectivity index (χ1) is 13.1. The molecule has 0 aliphatic carbocycles. The van der Waals surface area contributed by atoms with Crippen LogP contribution >= 0.6 is 0 Å². The first kappa shape index (κ1) is 20.7. The Morgan fingerprint density at radius 2 is 1.44 bits per heavy atom. The molecule has 0 heterocycles. The summed E-state index contributed by atoms with van der Waals surface area (Å²) in [5, 5.41) is 0. The van der Waals surface area contributed by atoms with Gasteiger partial charge in [-0.3, -0.25) is 9.59 Å². The number of rotatable bonds is 10. The summed E-state index contributed by atoms with van der Waals surface area (Å²) in [6, 6.07) is 14.0. The summed E-state index contributed by atoms with van der Waals surface area (Å²) in [5.41, 5.74) is 1.76. The van der Waals surface area contributed by atoms with Gasteiger partial charge in [0.25, 0.3) is 5.91 Å². The summed E-state index contributed by atoms with van der Waals surface area (Å²) < 4.78 is 5.18. The zero-order valence-electron chi connectivity index (χ0n) is 16.5. The van der Waals surface area contributed by atoms with Crippen molar-refractivity contribution in [1.29, 1.82) is 0 Å². The maximum Gasteiger partial charge on any atom is 0.253 e. The van der Waals surface area contributed by atoms with Crippen molar-refractivity contribution < 1.29 is 14.3 Å². The average molecular weight is 367 g/mol. The van der Waals surface area contributed by atoms with Crippen LogP contribution in [-0.2, 0) is 0 Å². The minimum atomic E-state index is -0.0817. The molecule has 0 aromatic heterocycles. The fourth-order valence-electron chi connectivity index (χ4n) is 2.89. The summed E-state index contributed by atoms with van der Waals surface area (Å²) >= 11 is 0. The summed E-state index contributed by atoms with van der Waals surface area (Å²) in [4.78, 5) is 27.4. The van der Waals surface area contributed by atoms with E-state index in [1.165, 1.54) is 0 Å². The first-order valence-electron chi connectivity index (χ1n) is 9.68. The molecule has 144 valence electrons. The SMILES string of the molecule is CCCCN(CCCC)C(=O)c1ccc(C(=O)c2cccc(OC)c2)cc1. The molecular formula is C23H29NO3. The van der Waals surface area contributed by atoms with E-state index in [2.05, 4.69) is 13.8 Å². The maximum absolute atomic E-state index is 12.8. The Morgan fingerprint density at radius 1 is 0.852 bits per heavy atom. The summed E-state index contributed by atoms with van der Waals surface area (Å²) in [6.45, 7) is 5.81. The van der Waals surface area contributed by atoms with Crippen LogP contribution in [0.3, 0.4) is 0 Å². The Labute approximate surface area is 162 Å². The van der Waals surface area contributed by atoms with Crippen LogP contribution in [0.1, 0.15) is 65.8 Å². The van der Waals surface area contributed by atoms with Gasteiger partial charge in [0.2, 0.25) is 0 Å². The second kappa shape index (κ2) is 10.5. The van der Waals surface area contributed by atoms with Crippen LogP contribution in [-0.4, -0.2) is 36.8 Å². The number of ether oxygens (including phenoxy) is 1. The van der Waals surface area contributed by atoms with Crippen molar-refractivity contribution in [1.82, 2.24) is 4.90 Å². The van der Waals surface area contributed by atoms with Gasteiger partial charge in [0, 0.05) is 29.8 Å². The number of carbonyl (C=O) groups is 2. The van der Waals surface area contributed by atoms with Crippen molar-refractivity contribution >= 4 is 11.7 Å². The molecule has 0 bridgehead atoms. The Balaban J connectivity index is 2.14. The highest BCUT2D eigenvalue weighted by Crippen LogP contribution is 2.17. The third-order valence-electron chi connectivity index (χ3n) is 4.58. The van der Waals surface area contributed by atoms with Gasteiger partial charge in [0.15, 0.2) is 5.78 Å². The molecule has 2 aromatic carbocycles. The quantitative estimate of drug-likeness (QED) is 0.557. The Bertz CT molecular complexity index is 744. The predicted molar refractivity (Wildman–Crippen MR) is 109 cm³/mol. The number of benzene rings is 2. The minimum Gasteiger partial charge on any atom is -0.497 e. The van der Waals surface area contributed by atoms with Gasteiger partial charge in [-0.25, -0.2) is 0 Å². The fourth-order valence-corrected chi connectivity index (χ4v) is 2.89. The standard InChI is InChI=1S/C23H29NO3/c1-4-6-15-24(16-7-5-2)23(26)19-13-11-18(12-14-19)22(25)20-9-8-10-21(17-20)27-3/h8-14,17H,4-7,15-16H2,1-3H3. The molecule has 0 unspecified atom stereocenters. The lowest BCUT2D eigenvalue weighted by molar-refractivity contribution is 0.0750. The Hall–Kier alpha value is -2.62. The van der Waals surface area contributed by atoms with Crippen LogP contribution in [0.4, 0.5) is 0 Å². The molecule has 0 aliphatic rings. The number of carbonyl (C=O) groups excluding carboxylic acids is 2. The van der Waals surface area contributed by atoms with Gasteiger partial charge in [-0.15, -0.1) is 0 Å². The molecule has 0 aliphatic heterocycles. The first-order valence-corrected chi connectivity index (χ1v) is 9.68. The normalized spacial score (nSPS) is 10.5. The monoisotopic (exact) mass is 367 g/mol. The molecular weight excluding hydrogens is 338 g/mol. The third-order valence-corrected chi connectivity index (χ3v) is 4.58. The van der Waals surface area contributed by atoms with Gasteiger partial charge in [-0.1, -0.05) is 51.0 Å². The molecule has 2 aromatic rings. The van der Waals surface area contributed by atoms with E-state index >= 15 is 0 Å². The lowest BCUT2D eigenvalue weighted by Gasteiger charge is -2.22. The van der Waals surface area contributed by atoms with Crippen LogP contribution in [0.5, 0.6) is 5.75 Å². The number of amides is 1. The predicted octanol–water partition coefficient (Wildman–Crippen LogP) is 4.97. The molecule has 1 amide bonds. The van der Waals surface area contributed by atoms with Crippen molar-refractivity contribution in [3.63, 3.8) is 0 Å². The molecule has 2 rings (SSSR count). The van der Waals surface area contributed by atoms with Crippen molar-refractivity contribution in [3.05, 3.63) is 65.2 Å². The molecule has 0 N–H and O–H groups in total. The highest BCUT2D eigenvalue weighted by Gasteiger charge is 2.16. The van der Waals surface area contributed by atoms with Crippen molar-refractivity contribution in [2.24, 2.45) is 0 Å². The smallest absolute Gasteiger partial charge is 0.253 e. The van der Waals surface area contributed by atoms with E-state index in [0.717, 1.165) is 38.8 Å². The van der Waals surface area contributed by atoms with E-state index < -0.39 is 0 Å². The van der Waals surface area contributed by atoms with Crippen molar-refractivity contribution in [2.45, 2.75) is 39.5 Å². The molecule has 4 heteroatoms. The van der Waals surface area contributed by atoms with Gasteiger partial charge in [0.1, 0.15) is 5.75 Å². The number of unbranched alkanes of at least 4 members (excludes halogenated alkanes) is 2. The highest BCUT2D eigenvalue weighted by molar-refractivity contribution is 6.09. The van der Waals surface area contributed by atoms with Gasteiger partial charge in [0.05, 0.1) is 7.11 Å². The van der Waals surface area contributed by atoms with E-state index in [9.17, 15) is 9.59 Å². The Morgan fingerprint density at radius 3 is 2.00 bits per heavy atom. The second-order valence-corrected chi connectivity index (χ2v) is 6.64. The molecule has 0 spiro atoms. The Kier molecular flexibility index (Phi) is 8.05. The van der Waals surface area contributed by atoms with E-state index in [0.29, 0.717) is 22.4 Å². The average Bonchev–Trinajstić information content (AvgIpc) is 2.73. The highest BCUT2D eigenvalue weighted by atomic mass is 16.5. The molecule has 0 saturated carbocycles. The number of nitrogens with zero attached hydrogens (tertiary/aromatic N) is 1. The van der Waals surface area contributed by atoms with Crippen molar-refractivity contribution in [3.8, 4) is 5.75 Å². The summed E-state index contributed by atoms with van der Waals surface area (Å²) in [7, 11) is 1.58. The lowest BCUT2D eigenvalue weighted by Crippen LogP contribution is -2.32. The number of hydrogen-bond acceptors (Lipinski definition) is 3. The van der Waals surface area contributed by atoms with Crippen LogP contribution in [0.15, 0.2) is 48.5 Å². The molecule has 4 nitrogen and oxygen atoms in total. The zero-order valence-corrected chi connectivity index (χ0v) is 16.5. The van der Waals surface area contributed by atoms with Crippen LogP contribution in [0.2, 0.25) is 0 Å². The number of methoxy groups -OCH3 is 1. The summed E-state index contributed by atoms with van der Waals surface area (Å²) in [6.07, 6.45) is 4.12. The van der Waals surface area contributed by atoms with Crippen LogP contribution < -0.4 is 4.74 Å². The third kappa shape index (κ3) is 5.68. The lowest BCUT2D eigenvalue weighted by atomic mass is 10.0. The van der Waals surface area contributed by atoms with E-state index in [-0.39, 0.29) is 11.7 Å². The van der Waals surface area contributed by atoms with Crippen molar-refractivity contribution in [2.75, 3.05) is 20.2 Å². The largest absolute Gasteiger partial charge is 0.497 e. The van der Waals surface area contributed by atoms with Gasteiger partial charge >= 0.3 is 0 Å². The second-order valence-electron chi connectivity index (χ2n) is 6.64. The summed E-state index contributed by atoms with van der Waals surface area (Å²) in [5.74, 6) is 0.606.